The number of fused-ring (bicyclic) bond motifs is 2. The van der Waals surface area contributed by atoms with Crippen LogP contribution >= 0.6 is 0 Å². The fraction of sp³-hybridized carbons (Fsp3) is 0.750. The van der Waals surface area contributed by atoms with E-state index in [1.165, 1.54) is 0 Å². The lowest BCUT2D eigenvalue weighted by molar-refractivity contribution is -0.148. The molecule has 0 aromatic heterocycles. The maximum Gasteiger partial charge on any atom is 0.324 e. The number of piperidine rings is 1. The maximum atomic E-state index is 11.5. The lowest BCUT2D eigenvalue weighted by Crippen LogP contribution is -2.61. The molecule has 2 unspecified atom stereocenters. The third-order valence-electron chi connectivity index (χ3n) is 4.15. The van der Waals surface area contributed by atoms with Crippen LogP contribution in [-0.4, -0.2) is 47.2 Å². The van der Waals surface area contributed by atoms with Crippen LogP contribution in [0.4, 0.5) is 0 Å². The quantitative estimate of drug-likeness (QED) is 0.695. The van der Waals surface area contributed by atoms with Gasteiger partial charge in [0.15, 0.2) is 0 Å². The summed E-state index contributed by atoms with van der Waals surface area (Å²) in [5, 5.41) is 12.6. The van der Waals surface area contributed by atoms with Crippen LogP contribution in [0.15, 0.2) is 12.7 Å². The molecule has 2 bridgehead atoms. The molecule has 4 nitrogen and oxygen atoms in total. The highest BCUT2D eigenvalue weighted by atomic mass is 16.4. The number of hydrogen-bond acceptors (Lipinski definition) is 3. The van der Waals surface area contributed by atoms with Crippen LogP contribution in [0, 0.1) is 0 Å². The molecule has 0 saturated carbocycles. The second kappa shape index (κ2) is 4.18. The molecule has 2 saturated heterocycles. The molecule has 2 N–H and O–H groups in total. The molecule has 90 valence electrons. The van der Waals surface area contributed by atoms with Gasteiger partial charge in [0, 0.05) is 18.6 Å². The van der Waals surface area contributed by atoms with E-state index in [2.05, 4.69) is 23.8 Å². The monoisotopic (exact) mass is 224 g/mol. The second-order valence-corrected chi connectivity index (χ2v) is 5.02. The summed E-state index contributed by atoms with van der Waals surface area (Å²) in [6, 6.07) is 0.847. The number of rotatable bonds is 4. The first-order valence-electron chi connectivity index (χ1n) is 5.90. The van der Waals surface area contributed by atoms with E-state index in [1.54, 1.807) is 6.08 Å². The standard InChI is InChI=1S/C12H20N2O2/c1-3-6-13-12(11(15)16)7-9-4-5-10(8-12)14(9)2/h3,9-10,13H,1,4-8H2,2H3,(H,15,16). The Bertz CT molecular complexity index is 289. The van der Waals surface area contributed by atoms with Crippen molar-refractivity contribution in [3.8, 4) is 0 Å². The zero-order valence-electron chi connectivity index (χ0n) is 9.78. The fourth-order valence-electron chi connectivity index (χ4n) is 3.13. The van der Waals surface area contributed by atoms with Gasteiger partial charge in [-0.3, -0.25) is 10.1 Å². The zero-order valence-corrected chi connectivity index (χ0v) is 9.78. The van der Waals surface area contributed by atoms with Crippen molar-refractivity contribution >= 4 is 5.97 Å². The molecule has 0 radical (unpaired) electrons. The molecular formula is C12H20N2O2. The van der Waals surface area contributed by atoms with Crippen molar-refractivity contribution in [1.82, 2.24) is 10.2 Å². The van der Waals surface area contributed by atoms with E-state index in [0.29, 0.717) is 31.5 Å². The summed E-state index contributed by atoms with van der Waals surface area (Å²) in [4.78, 5) is 13.8. The summed E-state index contributed by atoms with van der Waals surface area (Å²) in [5.41, 5.74) is -0.730. The van der Waals surface area contributed by atoms with Crippen LogP contribution in [0.25, 0.3) is 0 Å². The molecule has 0 spiro atoms. The number of aliphatic carboxylic acids is 1. The molecule has 0 aliphatic carbocycles. The highest BCUT2D eigenvalue weighted by molar-refractivity contribution is 5.79. The summed E-state index contributed by atoms with van der Waals surface area (Å²) < 4.78 is 0. The van der Waals surface area contributed by atoms with Crippen molar-refractivity contribution in [3.63, 3.8) is 0 Å². The Hall–Kier alpha value is -0.870. The Balaban J connectivity index is 2.16. The van der Waals surface area contributed by atoms with Crippen LogP contribution in [0.1, 0.15) is 25.7 Å². The van der Waals surface area contributed by atoms with E-state index in [0.717, 1.165) is 12.8 Å². The van der Waals surface area contributed by atoms with Gasteiger partial charge in [-0.05, 0) is 32.7 Å². The van der Waals surface area contributed by atoms with Gasteiger partial charge in [0.1, 0.15) is 5.54 Å². The first-order valence-corrected chi connectivity index (χ1v) is 5.90. The third kappa shape index (κ3) is 1.76. The van der Waals surface area contributed by atoms with Gasteiger partial charge < -0.3 is 10.0 Å². The van der Waals surface area contributed by atoms with Crippen LogP contribution in [0.2, 0.25) is 0 Å². The first kappa shape index (κ1) is 11.6. The van der Waals surface area contributed by atoms with Crippen molar-refractivity contribution in [3.05, 3.63) is 12.7 Å². The Kier molecular flexibility index (Phi) is 3.04. The summed E-state index contributed by atoms with van der Waals surface area (Å²) in [6.07, 6.45) is 5.41. The second-order valence-electron chi connectivity index (χ2n) is 5.02. The SMILES string of the molecule is C=CCNC1(C(=O)O)CC2CCC(C1)N2C. The highest BCUT2D eigenvalue weighted by Gasteiger charge is 2.50. The van der Waals surface area contributed by atoms with Crippen LogP contribution < -0.4 is 5.32 Å². The molecule has 2 rings (SSSR count). The molecule has 2 heterocycles. The van der Waals surface area contributed by atoms with Gasteiger partial charge in [-0.15, -0.1) is 6.58 Å². The number of carboxylic acid groups (broad SMARTS) is 1. The minimum absolute atomic E-state index is 0.423. The van der Waals surface area contributed by atoms with Crippen molar-refractivity contribution in [2.45, 2.75) is 43.3 Å². The van der Waals surface area contributed by atoms with Crippen LogP contribution in [0.5, 0.6) is 0 Å². The summed E-state index contributed by atoms with van der Waals surface area (Å²) in [5.74, 6) is -0.709. The molecule has 0 amide bonds. The van der Waals surface area contributed by atoms with Gasteiger partial charge in [0.2, 0.25) is 0 Å². The van der Waals surface area contributed by atoms with E-state index in [-0.39, 0.29) is 0 Å². The lowest BCUT2D eigenvalue weighted by atomic mass is 9.83. The molecule has 0 aromatic rings. The van der Waals surface area contributed by atoms with E-state index in [4.69, 9.17) is 0 Å². The number of nitrogens with zero attached hydrogens (tertiary/aromatic N) is 1. The van der Waals surface area contributed by atoms with E-state index in [9.17, 15) is 9.90 Å². The van der Waals surface area contributed by atoms with Gasteiger partial charge in [-0.25, -0.2) is 0 Å². The Morgan fingerprint density at radius 2 is 2.12 bits per heavy atom. The molecule has 2 fully saturated rings. The molecule has 2 atom stereocenters. The summed E-state index contributed by atoms with van der Waals surface area (Å²) in [6.45, 7) is 4.20. The topological polar surface area (TPSA) is 52.6 Å². The first-order chi connectivity index (χ1) is 7.59. The molecular weight excluding hydrogens is 204 g/mol. The Morgan fingerprint density at radius 1 is 1.56 bits per heavy atom. The van der Waals surface area contributed by atoms with Gasteiger partial charge in [-0.2, -0.15) is 0 Å². The van der Waals surface area contributed by atoms with Crippen molar-refractivity contribution in [1.29, 1.82) is 0 Å². The summed E-state index contributed by atoms with van der Waals surface area (Å²) in [7, 11) is 2.11. The smallest absolute Gasteiger partial charge is 0.324 e. The zero-order chi connectivity index (χ0) is 11.8. The third-order valence-corrected chi connectivity index (χ3v) is 4.15. The van der Waals surface area contributed by atoms with E-state index in [1.807, 2.05) is 0 Å². The Morgan fingerprint density at radius 3 is 2.56 bits per heavy atom. The normalized spacial score (nSPS) is 38.6. The molecule has 2 aliphatic rings. The van der Waals surface area contributed by atoms with Crippen LogP contribution in [0.3, 0.4) is 0 Å². The molecule has 4 heteroatoms. The lowest BCUT2D eigenvalue weighted by Gasteiger charge is -2.43. The number of carboxylic acids is 1. The van der Waals surface area contributed by atoms with Gasteiger partial charge >= 0.3 is 5.97 Å². The van der Waals surface area contributed by atoms with E-state index < -0.39 is 11.5 Å². The Labute approximate surface area is 96.3 Å². The minimum Gasteiger partial charge on any atom is -0.480 e. The largest absolute Gasteiger partial charge is 0.480 e. The number of carbonyl (C=O) groups is 1. The van der Waals surface area contributed by atoms with Crippen molar-refractivity contribution < 1.29 is 9.90 Å². The van der Waals surface area contributed by atoms with Gasteiger partial charge in [0.05, 0.1) is 0 Å². The highest BCUT2D eigenvalue weighted by Crippen LogP contribution is 2.39. The van der Waals surface area contributed by atoms with Gasteiger partial charge in [0.25, 0.3) is 0 Å². The predicted octanol–water partition coefficient (Wildman–Crippen LogP) is 0.842. The molecule has 0 aromatic carbocycles. The summed E-state index contributed by atoms with van der Waals surface area (Å²) >= 11 is 0. The minimum atomic E-state index is -0.730. The van der Waals surface area contributed by atoms with E-state index >= 15 is 0 Å². The van der Waals surface area contributed by atoms with Crippen molar-refractivity contribution in [2.24, 2.45) is 0 Å². The maximum absolute atomic E-state index is 11.5. The van der Waals surface area contributed by atoms with Crippen LogP contribution in [-0.2, 0) is 4.79 Å². The molecule has 16 heavy (non-hydrogen) atoms. The fourth-order valence-corrected chi connectivity index (χ4v) is 3.13. The average Bonchev–Trinajstić information content (AvgIpc) is 2.52. The predicted molar refractivity (Wildman–Crippen MR) is 62.4 cm³/mol. The van der Waals surface area contributed by atoms with Crippen molar-refractivity contribution in [2.75, 3.05) is 13.6 Å². The molecule has 2 aliphatic heterocycles. The van der Waals surface area contributed by atoms with Gasteiger partial charge in [-0.1, -0.05) is 6.08 Å². The number of hydrogen-bond donors (Lipinski definition) is 2. The number of nitrogens with one attached hydrogen (secondary N) is 1. The average molecular weight is 224 g/mol.